The number of hydrogen-bond donors (Lipinski definition) is 0. The Kier molecular flexibility index (Phi) is 6.46. The van der Waals surface area contributed by atoms with E-state index < -0.39 is 0 Å². The van der Waals surface area contributed by atoms with Crippen molar-refractivity contribution in [3.8, 4) is 50.3 Å². The predicted octanol–water partition coefficient (Wildman–Crippen LogP) is 15.0. The topological polar surface area (TPSA) is 4.93 Å². The lowest BCUT2D eigenvalue weighted by atomic mass is 9.82. The monoisotopic (exact) mass is 711 g/mol. The van der Waals surface area contributed by atoms with E-state index in [4.69, 9.17) is 0 Å². The molecule has 11 aromatic rings. The first-order valence-electron chi connectivity index (χ1n) is 19.7. The van der Waals surface area contributed by atoms with Gasteiger partial charge >= 0.3 is 0 Å². The summed E-state index contributed by atoms with van der Waals surface area (Å²) in [4.78, 5) is 0. The van der Waals surface area contributed by atoms with Crippen LogP contribution in [0.5, 0.6) is 0 Å². The highest BCUT2D eigenvalue weighted by atomic mass is 15.0. The van der Waals surface area contributed by atoms with Crippen LogP contribution in [0.1, 0.15) is 25.0 Å². The van der Waals surface area contributed by atoms with Crippen molar-refractivity contribution in [3.05, 3.63) is 199 Å². The fourth-order valence-corrected chi connectivity index (χ4v) is 10.1. The Labute approximate surface area is 326 Å². The summed E-state index contributed by atoms with van der Waals surface area (Å²) < 4.78 is 2.59. The Morgan fingerprint density at radius 2 is 1.00 bits per heavy atom. The highest BCUT2D eigenvalue weighted by Crippen LogP contribution is 2.52. The number of fused-ring (bicyclic) bond motifs is 6. The van der Waals surface area contributed by atoms with E-state index in [2.05, 4.69) is 206 Å². The number of nitrogens with zero attached hydrogens (tertiary/aromatic N) is 1. The minimum atomic E-state index is -0.120. The van der Waals surface area contributed by atoms with Crippen LogP contribution < -0.4 is 0 Å². The summed E-state index contributed by atoms with van der Waals surface area (Å²) >= 11 is 0. The van der Waals surface area contributed by atoms with E-state index in [0.29, 0.717) is 0 Å². The van der Waals surface area contributed by atoms with Gasteiger partial charge in [0.1, 0.15) is 0 Å². The zero-order chi connectivity index (χ0) is 37.1. The predicted molar refractivity (Wildman–Crippen MR) is 238 cm³/mol. The molecule has 0 atom stereocenters. The SMILES string of the molecule is CC1(C)c2ccccc2-c2ccc(-n3c(-c4ccccc4)c(-c4ccccc4)c4cc5ccc6c(-c7ccc8ccccc8c7)ccc7ccc(c5c76)c43)cc21. The Balaban J connectivity index is 1.23. The van der Waals surface area contributed by atoms with Gasteiger partial charge in [0.15, 0.2) is 0 Å². The van der Waals surface area contributed by atoms with Gasteiger partial charge in [0.05, 0.1) is 11.2 Å². The molecule has 1 aliphatic carbocycles. The van der Waals surface area contributed by atoms with Gasteiger partial charge in [0.2, 0.25) is 0 Å². The van der Waals surface area contributed by atoms with Crippen molar-refractivity contribution in [2.45, 2.75) is 19.3 Å². The molecule has 1 aromatic heterocycles. The van der Waals surface area contributed by atoms with E-state index in [-0.39, 0.29) is 5.41 Å². The summed E-state index contributed by atoms with van der Waals surface area (Å²) in [6.07, 6.45) is 0. The fraction of sp³-hybridized carbons (Fsp3) is 0.0545. The molecule has 1 heteroatoms. The van der Waals surface area contributed by atoms with E-state index >= 15 is 0 Å². The van der Waals surface area contributed by atoms with Crippen LogP contribution in [0, 0.1) is 0 Å². The van der Waals surface area contributed by atoms with Gasteiger partial charge in [-0.05, 0) is 106 Å². The van der Waals surface area contributed by atoms with Crippen molar-refractivity contribution in [2.75, 3.05) is 0 Å². The maximum absolute atomic E-state index is 2.59. The second kappa shape index (κ2) is 11.5. The first-order chi connectivity index (χ1) is 27.5. The van der Waals surface area contributed by atoms with Crippen molar-refractivity contribution in [1.29, 1.82) is 0 Å². The third-order valence-electron chi connectivity index (χ3n) is 12.7. The van der Waals surface area contributed by atoms with E-state index in [0.717, 1.165) is 0 Å². The average Bonchev–Trinajstić information content (AvgIpc) is 3.71. The normalized spacial score (nSPS) is 13.3. The van der Waals surface area contributed by atoms with Crippen LogP contribution in [-0.4, -0.2) is 4.57 Å². The van der Waals surface area contributed by atoms with Gasteiger partial charge in [-0.2, -0.15) is 0 Å². The van der Waals surface area contributed by atoms with Gasteiger partial charge in [-0.15, -0.1) is 0 Å². The third-order valence-corrected chi connectivity index (χ3v) is 12.7. The second-order valence-corrected chi connectivity index (χ2v) is 16.1. The molecule has 1 heterocycles. The molecule has 56 heavy (non-hydrogen) atoms. The molecule has 10 aromatic carbocycles. The standard InChI is InChI=1S/C55H37N/c1-55(2)48-20-12-11-19-43(48)44-30-26-41(33-49(44)55)56-53(37-16-7-4-8-17-37)52(35-14-5-3-6-15-35)47-32-40-25-28-45-42(39-22-21-34-13-9-10-18-38(34)31-39)27-23-36-24-29-46(54(47)56)51(40)50(36)45/h3-33H,1-2H3. The third kappa shape index (κ3) is 4.31. The molecule has 0 saturated heterocycles. The molecule has 1 aliphatic rings. The lowest BCUT2D eigenvalue weighted by Crippen LogP contribution is -2.15. The van der Waals surface area contributed by atoms with Crippen molar-refractivity contribution in [1.82, 2.24) is 4.57 Å². The first kappa shape index (κ1) is 31.4. The number of benzene rings is 10. The largest absolute Gasteiger partial charge is 0.308 e. The fourth-order valence-electron chi connectivity index (χ4n) is 10.1. The van der Waals surface area contributed by atoms with Crippen molar-refractivity contribution in [2.24, 2.45) is 0 Å². The molecule has 0 N–H and O–H groups in total. The minimum Gasteiger partial charge on any atom is -0.308 e. The van der Waals surface area contributed by atoms with Crippen LogP contribution >= 0.6 is 0 Å². The molecule has 0 bridgehead atoms. The zero-order valence-corrected chi connectivity index (χ0v) is 31.3. The summed E-state index contributed by atoms with van der Waals surface area (Å²) in [6.45, 7) is 4.76. The highest BCUT2D eigenvalue weighted by molar-refractivity contribution is 6.32. The maximum atomic E-state index is 2.59. The quantitative estimate of drug-likeness (QED) is 0.160. The number of aromatic nitrogens is 1. The maximum Gasteiger partial charge on any atom is 0.0620 e. The van der Waals surface area contributed by atoms with Crippen molar-refractivity contribution >= 4 is 54.0 Å². The molecular weight excluding hydrogens is 675 g/mol. The van der Waals surface area contributed by atoms with E-state index in [1.165, 1.54) is 115 Å². The van der Waals surface area contributed by atoms with Crippen molar-refractivity contribution in [3.63, 3.8) is 0 Å². The lowest BCUT2D eigenvalue weighted by Gasteiger charge is -2.23. The highest BCUT2D eigenvalue weighted by Gasteiger charge is 2.36. The molecule has 0 amide bonds. The van der Waals surface area contributed by atoms with Gasteiger partial charge < -0.3 is 4.57 Å². The smallest absolute Gasteiger partial charge is 0.0620 e. The molecule has 262 valence electrons. The minimum absolute atomic E-state index is 0.120. The average molecular weight is 712 g/mol. The van der Waals surface area contributed by atoms with Crippen LogP contribution in [0.25, 0.3) is 104 Å². The van der Waals surface area contributed by atoms with Gasteiger partial charge in [0, 0.05) is 27.4 Å². The van der Waals surface area contributed by atoms with Gasteiger partial charge in [-0.25, -0.2) is 0 Å². The van der Waals surface area contributed by atoms with Crippen LogP contribution in [-0.2, 0) is 5.41 Å². The van der Waals surface area contributed by atoms with Crippen molar-refractivity contribution < 1.29 is 0 Å². The molecule has 0 spiro atoms. The summed E-state index contributed by atoms with van der Waals surface area (Å²) in [5.74, 6) is 0. The van der Waals surface area contributed by atoms with E-state index in [1.807, 2.05) is 0 Å². The van der Waals surface area contributed by atoms with Crippen LogP contribution in [0.3, 0.4) is 0 Å². The summed E-state index contributed by atoms with van der Waals surface area (Å²) in [5.41, 5.74) is 15.2. The Hall–Kier alpha value is -6.96. The molecule has 1 nitrogen and oxygen atoms in total. The molecule has 0 saturated carbocycles. The lowest BCUT2D eigenvalue weighted by molar-refractivity contribution is 0.660. The second-order valence-electron chi connectivity index (χ2n) is 16.1. The Morgan fingerprint density at radius 1 is 0.375 bits per heavy atom. The Morgan fingerprint density at radius 3 is 1.84 bits per heavy atom. The molecule has 12 rings (SSSR count). The Bertz CT molecular complexity index is 3360. The first-order valence-corrected chi connectivity index (χ1v) is 19.7. The summed E-state index contributed by atoms with van der Waals surface area (Å²) in [5, 5.41) is 11.5. The zero-order valence-electron chi connectivity index (χ0n) is 31.3. The van der Waals surface area contributed by atoms with Crippen LogP contribution in [0.15, 0.2) is 188 Å². The number of hydrogen-bond acceptors (Lipinski definition) is 0. The van der Waals surface area contributed by atoms with E-state index in [1.54, 1.807) is 0 Å². The van der Waals surface area contributed by atoms with E-state index in [9.17, 15) is 0 Å². The summed E-state index contributed by atoms with van der Waals surface area (Å²) in [7, 11) is 0. The molecule has 0 fully saturated rings. The van der Waals surface area contributed by atoms with Crippen LogP contribution in [0.2, 0.25) is 0 Å². The molecule has 0 aliphatic heterocycles. The van der Waals surface area contributed by atoms with Gasteiger partial charge in [-0.3, -0.25) is 0 Å². The summed E-state index contributed by atoms with van der Waals surface area (Å²) in [6, 6.07) is 70.2. The van der Waals surface area contributed by atoms with Gasteiger partial charge in [-0.1, -0.05) is 178 Å². The molecular formula is C55H37N. The van der Waals surface area contributed by atoms with Crippen LogP contribution in [0.4, 0.5) is 0 Å². The number of rotatable bonds is 4. The molecule has 0 unspecified atom stereocenters. The molecule has 0 radical (unpaired) electrons. The van der Waals surface area contributed by atoms with Gasteiger partial charge in [0.25, 0.3) is 0 Å².